The van der Waals surface area contributed by atoms with Crippen LogP contribution in [0.25, 0.3) is 0 Å². The summed E-state index contributed by atoms with van der Waals surface area (Å²) in [4.78, 5) is 11.1. The number of hydrogen-bond acceptors (Lipinski definition) is 3. The minimum atomic E-state index is -0.502. The lowest BCUT2D eigenvalue weighted by molar-refractivity contribution is 0.0706. The third-order valence-corrected chi connectivity index (χ3v) is 1.68. The second-order valence-electron chi connectivity index (χ2n) is 3.32. The van der Waals surface area contributed by atoms with Crippen LogP contribution in [-0.4, -0.2) is 17.2 Å². The Labute approximate surface area is 82.9 Å². The molecular formula is C10H14N2O2. The molecule has 0 aliphatic heterocycles. The second kappa shape index (κ2) is 4.62. The lowest BCUT2D eigenvalue weighted by atomic mass is 10.2. The molecule has 1 amide bonds. The van der Waals surface area contributed by atoms with Crippen LogP contribution in [0.15, 0.2) is 24.3 Å². The van der Waals surface area contributed by atoms with Crippen LogP contribution >= 0.6 is 0 Å². The minimum absolute atomic E-state index is 0.308. The molecule has 1 aromatic rings. The average Bonchev–Trinajstić information content (AvgIpc) is 2.16. The van der Waals surface area contributed by atoms with Crippen molar-refractivity contribution in [1.82, 2.24) is 5.48 Å². The smallest absolute Gasteiger partial charge is 0.274 e. The maximum Gasteiger partial charge on any atom is 0.274 e. The van der Waals surface area contributed by atoms with Gasteiger partial charge in [0.15, 0.2) is 0 Å². The summed E-state index contributed by atoms with van der Waals surface area (Å²) in [6, 6.07) is 7.26. The van der Waals surface area contributed by atoms with E-state index in [1.54, 1.807) is 23.7 Å². The van der Waals surface area contributed by atoms with Gasteiger partial charge in [0, 0.05) is 17.3 Å². The van der Waals surface area contributed by atoms with Gasteiger partial charge < -0.3 is 5.32 Å². The molecule has 4 nitrogen and oxygen atoms in total. The number of anilines is 1. The number of benzene rings is 1. The van der Waals surface area contributed by atoms with Crippen LogP contribution in [0.5, 0.6) is 0 Å². The van der Waals surface area contributed by atoms with Crippen LogP contribution in [0.1, 0.15) is 24.2 Å². The van der Waals surface area contributed by atoms with Crippen molar-refractivity contribution in [3.8, 4) is 0 Å². The van der Waals surface area contributed by atoms with Gasteiger partial charge in [0.05, 0.1) is 0 Å². The first-order valence-corrected chi connectivity index (χ1v) is 4.44. The molecule has 0 atom stereocenters. The number of hydrogen-bond donors (Lipinski definition) is 3. The molecule has 0 aliphatic carbocycles. The van der Waals surface area contributed by atoms with Crippen molar-refractivity contribution in [3.05, 3.63) is 29.8 Å². The summed E-state index contributed by atoms with van der Waals surface area (Å²) < 4.78 is 0. The van der Waals surface area contributed by atoms with Gasteiger partial charge in [-0.25, -0.2) is 5.48 Å². The van der Waals surface area contributed by atoms with Gasteiger partial charge in [0.2, 0.25) is 0 Å². The zero-order valence-electron chi connectivity index (χ0n) is 8.24. The predicted molar refractivity (Wildman–Crippen MR) is 54.5 cm³/mol. The van der Waals surface area contributed by atoms with E-state index in [-0.39, 0.29) is 0 Å². The number of carbonyl (C=O) groups is 1. The molecule has 0 heterocycles. The Balaban J connectivity index is 2.84. The lowest BCUT2D eigenvalue weighted by Crippen LogP contribution is -2.19. The molecule has 1 aromatic carbocycles. The van der Waals surface area contributed by atoms with E-state index in [0.717, 1.165) is 5.69 Å². The molecule has 0 radical (unpaired) electrons. The first kappa shape index (κ1) is 10.5. The van der Waals surface area contributed by atoms with Gasteiger partial charge >= 0.3 is 0 Å². The molecule has 0 saturated carbocycles. The summed E-state index contributed by atoms with van der Waals surface area (Å²) in [5.74, 6) is -0.502. The van der Waals surface area contributed by atoms with E-state index in [1.165, 1.54) is 0 Å². The number of hydroxylamine groups is 1. The van der Waals surface area contributed by atoms with Crippen LogP contribution in [-0.2, 0) is 0 Å². The standard InChI is InChI=1S/C10H14N2O2/c1-7(2)11-9-5-3-4-8(6-9)10(13)12-14/h3-7,11,14H,1-2H3,(H,12,13). The number of amides is 1. The summed E-state index contributed by atoms with van der Waals surface area (Å²) in [5.41, 5.74) is 2.89. The van der Waals surface area contributed by atoms with Crippen LogP contribution in [0, 0.1) is 0 Å². The minimum Gasteiger partial charge on any atom is -0.383 e. The number of nitrogens with one attached hydrogen (secondary N) is 2. The summed E-state index contributed by atoms with van der Waals surface area (Å²) in [7, 11) is 0. The van der Waals surface area contributed by atoms with Crippen molar-refractivity contribution in [2.75, 3.05) is 5.32 Å². The van der Waals surface area contributed by atoms with E-state index >= 15 is 0 Å². The van der Waals surface area contributed by atoms with Crippen molar-refractivity contribution < 1.29 is 10.0 Å². The molecule has 0 bridgehead atoms. The summed E-state index contributed by atoms with van der Waals surface area (Å²) in [6.07, 6.45) is 0. The SMILES string of the molecule is CC(C)Nc1cccc(C(=O)NO)c1. The number of carbonyl (C=O) groups excluding carboxylic acids is 1. The first-order valence-electron chi connectivity index (χ1n) is 4.44. The third kappa shape index (κ3) is 2.74. The van der Waals surface area contributed by atoms with Gasteiger partial charge in [-0.1, -0.05) is 6.07 Å². The molecule has 0 saturated heterocycles. The fraction of sp³-hybridized carbons (Fsp3) is 0.300. The van der Waals surface area contributed by atoms with Gasteiger partial charge in [-0.2, -0.15) is 0 Å². The molecule has 0 fully saturated rings. The highest BCUT2D eigenvalue weighted by molar-refractivity contribution is 5.94. The third-order valence-electron chi connectivity index (χ3n) is 1.68. The van der Waals surface area contributed by atoms with Crippen LogP contribution in [0.4, 0.5) is 5.69 Å². The molecule has 3 N–H and O–H groups in total. The van der Waals surface area contributed by atoms with Gasteiger partial charge in [0.25, 0.3) is 5.91 Å². The van der Waals surface area contributed by atoms with Gasteiger partial charge in [-0.15, -0.1) is 0 Å². The van der Waals surface area contributed by atoms with Crippen LogP contribution in [0.2, 0.25) is 0 Å². The van der Waals surface area contributed by atoms with E-state index in [4.69, 9.17) is 5.21 Å². The quantitative estimate of drug-likeness (QED) is 0.506. The summed E-state index contributed by atoms with van der Waals surface area (Å²) in [5, 5.41) is 11.6. The second-order valence-corrected chi connectivity index (χ2v) is 3.32. The van der Waals surface area contributed by atoms with Crippen molar-refractivity contribution in [3.63, 3.8) is 0 Å². The summed E-state index contributed by atoms with van der Waals surface area (Å²) in [6.45, 7) is 4.03. The van der Waals surface area contributed by atoms with E-state index < -0.39 is 5.91 Å². The van der Waals surface area contributed by atoms with Gasteiger partial charge in [-0.3, -0.25) is 10.0 Å². The van der Waals surface area contributed by atoms with Crippen molar-refractivity contribution in [2.24, 2.45) is 0 Å². The molecule has 14 heavy (non-hydrogen) atoms. The van der Waals surface area contributed by atoms with Crippen molar-refractivity contribution in [1.29, 1.82) is 0 Å². The monoisotopic (exact) mass is 194 g/mol. The van der Waals surface area contributed by atoms with Crippen molar-refractivity contribution >= 4 is 11.6 Å². The summed E-state index contributed by atoms with van der Waals surface area (Å²) >= 11 is 0. The van der Waals surface area contributed by atoms with Gasteiger partial charge in [-0.05, 0) is 32.0 Å². The van der Waals surface area contributed by atoms with Gasteiger partial charge in [0.1, 0.15) is 0 Å². The Morgan fingerprint density at radius 1 is 1.43 bits per heavy atom. The number of rotatable bonds is 3. The van der Waals surface area contributed by atoms with E-state index in [2.05, 4.69) is 5.32 Å². The average molecular weight is 194 g/mol. The Hall–Kier alpha value is -1.55. The highest BCUT2D eigenvalue weighted by Crippen LogP contribution is 2.11. The lowest BCUT2D eigenvalue weighted by Gasteiger charge is -2.10. The van der Waals surface area contributed by atoms with Crippen LogP contribution < -0.4 is 10.8 Å². The fourth-order valence-corrected chi connectivity index (χ4v) is 1.15. The fourth-order valence-electron chi connectivity index (χ4n) is 1.15. The largest absolute Gasteiger partial charge is 0.383 e. The molecular weight excluding hydrogens is 180 g/mol. The highest BCUT2D eigenvalue weighted by atomic mass is 16.5. The van der Waals surface area contributed by atoms with Crippen molar-refractivity contribution in [2.45, 2.75) is 19.9 Å². The molecule has 0 spiro atoms. The molecule has 1 rings (SSSR count). The maximum absolute atomic E-state index is 11.1. The Morgan fingerprint density at radius 3 is 2.71 bits per heavy atom. The van der Waals surface area contributed by atoms with E-state index in [0.29, 0.717) is 11.6 Å². The first-order chi connectivity index (χ1) is 6.63. The zero-order valence-corrected chi connectivity index (χ0v) is 8.24. The Bertz CT molecular complexity index is 324. The molecule has 0 aliphatic rings. The maximum atomic E-state index is 11.1. The molecule has 0 unspecified atom stereocenters. The van der Waals surface area contributed by atoms with E-state index in [9.17, 15) is 4.79 Å². The zero-order chi connectivity index (χ0) is 10.6. The molecule has 0 aromatic heterocycles. The van der Waals surface area contributed by atoms with E-state index in [1.807, 2.05) is 19.9 Å². The van der Waals surface area contributed by atoms with Crippen LogP contribution in [0.3, 0.4) is 0 Å². The molecule has 76 valence electrons. The normalized spacial score (nSPS) is 10.0. The predicted octanol–water partition coefficient (Wildman–Crippen LogP) is 1.63. The highest BCUT2D eigenvalue weighted by Gasteiger charge is 2.04. The Morgan fingerprint density at radius 2 is 2.14 bits per heavy atom. The Kier molecular flexibility index (Phi) is 3.48. The molecule has 4 heteroatoms. The topological polar surface area (TPSA) is 61.4 Å².